The largest absolute Gasteiger partial charge is 0.340 e. The summed E-state index contributed by atoms with van der Waals surface area (Å²) in [5.74, 6) is 0.807. The fourth-order valence-electron chi connectivity index (χ4n) is 4.98. The fraction of sp³-hybridized carbons (Fsp3) is 0.179. The third kappa shape index (κ3) is 4.35. The lowest BCUT2D eigenvalue weighted by molar-refractivity contribution is -0.384. The van der Waals surface area contributed by atoms with Crippen LogP contribution in [0, 0.1) is 10.1 Å². The van der Waals surface area contributed by atoms with E-state index in [-0.39, 0.29) is 24.1 Å². The number of nitrogens with one attached hydrogen (secondary N) is 1. The number of aromatic amines is 1. The number of H-pyrrole nitrogens is 1. The van der Waals surface area contributed by atoms with Crippen molar-refractivity contribution in [3.63, 3.8) is 0 Å². The predicted molar refractivity (Wildman–Crippen MR) is 139 cm³/mol. The number of rotatable bonds is 6. The number of non-ortho nitro benzene ring substituents is 1. The Morgan fingerprint density at radius 3 is 2.54 bits per heavy atom. The van der Waals surface area contributed by atoms with E-state index in [1.807, 2.05) is 65.7 Å². The van der Waals surface area contributed by atoms with Gasteiger partial charge in [0.2, 0.25) is 5.91 Å². The molecule has 0 saturated carbocycles. The minimum absolute atomic E-state index is 0.00118. The third-order valence-corrected chi connectivity index (χ3v) is 6.80. The Labute approximate surface area is 212 Å². The van der Waals surface area contributed by atoms with Crippen molar-refractivity contribution in [1.82, 2.24) is 24.6 Å². The Hall–Kier alpha value is -4.79. The van der Waals surface area contributed by atoms with Crippen LogP contribution in [-0.4, -0.2) is 42.0 Å². The van der Waals surface area contributed by atoms with Crippen LogP contribution in [0.4, 0.5) is 5.69 Å². The number of para-hydroxylation sites is 3. The van der Waals surface area contributed by atoms with E-state index in [4.69, 9.17) is 10.1 Å². The molecule has 1 atom stereocenters. The monoisotopic (exact) mass is 492 g/mol. The van der Waals surface area contributed by atoms with Crippen LogP contribution < -0.4 is 0 Å². The number of imidazole rings is 1. The summed E-state index contributed by atoms with van der Waals surface area (Å²) in [5.41, 5.74) is 4.84. The number of hydrogen-bond acceptors (Lipinski definition) is 5. The smallest absolute Gasteiger partial charge is 0.269 e. The van der Waals surface area contributed by atoms with Gasteiger partial charge in [0.1, 0.15) is 5.82 Å². The van der Waals surface area contributed by atoms with Crippen molar-refractivity contribution in [3.8, 4) is 16.9 Å². The molecule has 1 fully saturated rings. The van der Waals surface area contributed by atoms with Gasteiger partial charge in [-0.3, -0.25) is 14.9 Å². The molecule has 184 valence electrons. The Kier molecular flexibility index (Phi) is 5.72. The van der Waals surface area contributed by atoms with Crippen LogP contribution in [0.2, 0.25) is 0 Å². The topological polar surface area (TPSA) is 110 Å². The normalized spacial score (nSPS) is 15.4. The summed E-state index contributed by atoms with van der Waals surface area (Å²) in [5, 5.41) is 15.9. The summed E-state index contributed by atoms with van der Waals surface area (Å²) in [6.45, 7) is 0.667. The molecule has 0 aliphatic carbocycles. The highest BCUT2D eigenvalue weighted by Gasteiger charge is 2.32. The third-order valence-electron chi connectivity index (χ3n) is 6.80. The van der Waals surface area contributed by atoms with Gasteiger partial charge in [-0.05, 0) is 49.2 Å². The van der Waals surface area contributed by atoms with E-state index in [1.54, 1.807) is 16.8 Å². The maximum atomic E-state index is 13.6. The molecular weight excluding hydrogens is 468 g/mol. The Balaban J connectivity index is 1.32. The summed E-state index contributed by atoms with van der Waals surface area (Å²) in [6.07, 6.45) is 3.79. The van der Waals surface area contributed by atoms with E-state index in [0.29, 0.717) is 12.2 Å². The highest BCUT2D eigenvalue weighted by atomic mass is 16.6. The van der Waals surface area contributed by atoms with Crippen LogP contribution in [0.25, 0.3) is 28.0 Å². The minimum atomic E-state index is -0.428. The van der Waals surface area contributed by atoms with Crippen molar-refractivity contribution in [2.75, 3.05) is 6.54 Å². The average molecular weight is 493 g/mol. The summed E-state index contributed by atoms with van der Waals surface area (Å²) >= 11 is 0. The predicted octanol–water partition coefficient (Wildman–Crippen LogP) is 5.23. The zero-order valence-electron chi connectivity index (χ0n) is 19.9. The number of nitrogens with zero attached hydrogens (tertiary/aromatic N) is 5. The van der Waals surface area contributed by atoms with Crippen molar-refractivity contribution >= 4 is 22.6 Å². The average Bonchev–Trinajstić information content (AvgIpc) is 3.67. The van der Waals surface area contributed by atoms with E-state index in [0.717, 1.165) is 46.5 Å². The second kappa shape index (κ2) is 9.34. The summed E-state index contributed by atoms with van der Waals surface area (Å²) in [6, 6.07) is 23.7. The molecule has 37 heavy (non-hydrogen) atoms. The molecule has 1 amide bonds. The van der Waals surface area contributed by atoms with Crippen molar-refractivity contribution in [2.45, 2.75) is 25.3 Å². The lowest BCUT2D eigenvalue weighted by atomic mass is 10.0. The van der Waals surface area contributed by atoms with Gasteiger partial charge in [-0.2, -0.15) is 5.10 Å². The maximum absolute atomic E-state index is 13.6. The van der Waals surface area contributed by atoms with Gasteiger partial charge in [0.25, 0.3) is 5.69 Å². The number of carbonyl (C=O) groups is 1. The van der Waals surface area contributed by atoms with Crippen LogP contribution in [0.3, 0.4) is 0 Å². The van der Waals surface area contributed by atoms with Crippen LogP contribution in [0.15, 0.2) is 85.1 Å². The van der Waals surface area contributed by atoms with Gasteiger partial charge < -0.3 is 9.88 Å². The summed E-state index contributed by atoms with van der Waals surface area (Å²) in [7, 11) is 0. The van der Waals surface area contributed by atoms with Crippen molar-refractivity contribution in [2.24, 2.45) is 0 Å². The zero-order chi connectivity index (χ0) is 25.4. The van der Waals surface area contributed by atoms with Gasteiger partial charge >= 0.3 is 0 Å². The van der Waals surface area contributed by atoms with Crippen LogP contribution in [0.1, 0.15) is 30.3 Å². The molecule has 9 heteroatoms. The molecule has 9 nitrogen and oxygen atoms in total. The molecule has 3 aromatic carbocycles. The van der Waals surface area contributed by atoms with Crippen molar-refractivity contribution in [1.29, 1.82) is 0 Å². The van der Waals surface area contributed by atoms with Crippen LogP contribution in [-0.2, 0) is 11.2 Å². The van der Waals surface area contributed by atoms with Gasteiger partial charge in [-0.25, -0.2) is 9.67 Å². The van der Waals surface area contributed by atoms with Gasteiger partial charge in [-0.15, -0.1) is 0 Å². The zero-order valence-corrected chi connectivity index (χ0v) is 19.9. The SMILES string of the molecule is O=C(Cc1cn(-c2ccccc2)nc1-c1ccc([N+](=O)[O-])cc1)N1CCCC1c1nc2ccccc2[nH]1. The Bertz CT molecular complexity index is 1560. The second-order valence-corrected chi connectivity index (χ2v) is 9.15. The standard InChI is InChI=1S/C28H24N6O3/c35-26(32-16-6-11-25(32)28-29-23-9-4-5-10-24(23)30-28)17-20-18-33(21-7-2-1-3-8-21)31-27(20)19-12-14-22(15-13-19)34(36)37/h1-5,7-10,12-15,18,25H,6,11,16-17H2,(H,29,30). The molecule has 2 aromatic heterocycles. The van der Waals surface area contributed by atoms with Gasteiger partial charge in [0, 0.05) is 36.0 Å². The number of aromatic nitrogens is 4. The van der Waals surface area contributed by atoms with E-state index < -0.39 is 4.92 Å². The molecular formula is C28H24N6O3. The lowest BCUT2D eigenvalue weighted by Crippen LogP contribution is -2.32. The molecule has 0 radical (unpaired) electrons. The molecule has 0 bridgehead atoms. The molecule has 1 unspecified atom stereocenters. The molecule has 1 N–H and O–H groups in total. The first kappa shape index (κ1) is 22.7. The van der Waals surface area contributed by atoms with Gasteiger partial charge in [0.05, 0.1) is 39.8 Å². The first-order chi connectivity index (χ1) is 18.1. The van der Waals surface area contributed by atoms with Crippen molar-refractivity contribution in [3.05, 3.63) is 107 Å². The molecule has 0 spiro atoms. The highest BCUT2D eigenvalue weighted by molar-refractivity contribution is 5.82. The van der Waals surface area contributed by atoms with Crippen molar-refractivity contribution < 1.29 is 9.72 Å². The van der Waals surface area contributed by atoms with Gasteiger partial charge in [0.15, 0.2) is 0 Å². The lowest BCUT2D eigenvalue weighted by Gasteiger charge is -2.23. The minimum Gasteiger partial charge on any atom is -0.340 e. The number of likely N-dealkylation sites (tertiary alicyclic amines) is 1. The summed E-state index contributed by atoms with van der Waals surface area (Å²) < 4.78 is 1.75. The number of nitro benzene ring substituents is 1. The second-order valence-electron chi connectivity index (χ2n) is 9.15. The highest BCUT2D eigenvalue weighted by Crippen LogP contribution is 2.33. The first-order valence-electron chi connectivity index (χ1n) is 12.2. The Morgan fingerprint density at radius 1 is 1.03 bits per heavy atom. The quantitative estimate of drug-likeness (QED) is 0.258. The molecule has 5 aromatic rings. The van der Waals surface area contributed by atoms with Crippen LogP contribution >= 0.6 is 0 Å². The molecule has 1 saturated heterocycles. The Morgan fingerprint density at radius 2 is 1.78 bits per heavy atom. The molecule has 1 aliphatic heterocycles. The number of nitro groups is 1. The molecule has 1 aliphatic rings. The summed E-state index contributed by atoms with van der Waals surface area (Å²) in [4.78, 5) is 34.4. The maximum Gasteiger partial charge on any atom is 0.269 e. The number of hydrogen-bond donors (Lipinski definition) is 1. The number of fused-ring (bicyclic) bond motifs is 1. The van der Waals surface area contributed by atoms with E-state index in [1.165, 1.54) is 12.1 Å². The number of amides is 1. The number of carbonyl (C=O) groups excluding carboxylic acids is 1. The van der Waals surface area contributed by atoms with E-state index in [2.05, 4.69) is 4.98 Å². The first-order valence-corrected chi connectivity index (χ1v) is 12.2. The molecule has 6 rings (SSSR count). The van der Waals surface area contributed by atoms with Gasteiger partial charge in [-0.1, -0.05) is 30.3 Å². The fourth-order valence-corrected chi connectivity index (χ4v) is 4.98. The molecule has 3 heterocycles. The van der Waals surface area contributed by atoms with E-state index in [9.17, 15) is 14.9 Å². The van der Waals surface area contributed by atoms with E-state index >= 15 is 0 Å². The van der Waals surface area contributed by atoms with Crippen LogP contribution in [0.5, 0.6) is 0 Å². The number of benzene rings is 3.